The molecule has 2 N–H and O–H groups in total. The minimum Gasteiger partial charge on any atom is -0.465 e. The van der Waals surface area contributed by atoms with Crippen LogP contribution in [0.15, 0.2) is 24.3 Å². The third-order valence-corrected chi connectivity index (χ3v) is 7.29. The highest BCUT2D eigenvalue weighted by atomic mass is 32.1. The fourth-order valence-electron chi connectivity index (χ4n) is 4.24. The van der Waals surface area contributed by atoms with E-state index in [0.29, 0.717) is 22.2 Å². The number of rotatable bonds is 5. The van der Waals surface area contributed by atoms with E-state index in [4.69, 9.17) is 17.0 Å². The number of carbonyl (C=O) groups is 1. The molecule has 0 spiro atoms. The highest BCUT2D eigenvalue weighted by Gasteiger charge is 2.26. The van der Waals surface area contributed by atoms with Crippen molar-refractivity contribution in [3.8, 4) is 0 Å². The molecule has 0 aliphatic heterocycles. The monoisotopic (exact) mass is 486 g/mol. The molecule has 174 valence electrons. The van der Waals surface area contributed by atoms with Gasteiger partial charge in [0.1, 0.15) is 10.8 Å². The minimum atomic E-state index is -0.338. The number of fused-ring (bicyclic) bond motifs is 1. The number of benzene rings is 1. The van der Waals surface area contributed by atoms with Gasteiger partial charge in [0.05, 0.1) is 36.3 Å². The second-order valence-corrected chi connectivity index (χ2v) is 9.69. The maximum Gasteiger partial charge on any atom is 0.341 e. The van der Waals surface area contributed by atoms with E-state index in [9.17, 15) is 9.18 Å². The Morgan fingerprint density at radius 1 is 1.24 bits per heavy atom. The number of anilines is 2. The smallest absolute Gasteiger partial charge is 0.341 e. The molecule has 0 saturated heterocycles. The van der Waals surface area contributed by atoms with E-state index in [1.165, 1.54) is 30.5 Å². The van der Waals surface area contributed by atoms with Gasteiger partial charge in [-0.3, -0.25) is 4.68 Å². The number of aromatic nitrogens is 2. The zero-order valence-corrected chi connectivity index (χ0v) is 20.6. The summed E-state index contributed by atoms with van der Waals surface area (Å²) in [6.45, 7) is 4.29. The molecule has 1 aliphatic rings. The van der Waals surface area contributed by atoms with E-state index in [1.807, 2.05) is 24.6 Å². The third kappa shape index (κ3) is 5.09. The largest absolute Gasteiger partial charge is 0.465 e. The van der Waals surface area contributed by atoms with Crippen LogP contribution in [0.1, 0.15) is 57.0 Å². The molecule has 4 rings (SSSR count). The number of hydrogen-bond acceptors (Lipinski definition) is 5. The lowest BCUT2D eigenvalue weighted by Crippen LogP contribution is -2.21. The summed E-state index contributed by atoms with van der Waals surface area (Å²) >= 11 is 7.17. The van der Waals surface area contributed by atoms with Crippen molar-refractivity contribution in [2.24, 2.45) is 0 Å². The van der Waals surface area contributed by atoms with Gasteiger partial charge >= 0.3 is 5.97 Å². The molecule has 0 radical (unpaired) electrons. The molecule has 33 heavy (non-hydrogen) atoms. The molecule has 2 heterocycles. The zero-order valence-electron chi connectivity index (χ0n) is 19.0. The lowest BCUT2D eigenvalue weighted by molar-refractivity contribution is 0.0601. The SMILES string of the molecule is COC(=O)c1c(NC(=S)Nc2c(C)nn(Cc3cccc(F)c3)c2C)sc2c1CCCCC2. The first-order chi connectivity index (χ1) is 15.9. The van der Waals surface area contributed by atoms with Crippen LogP contribution >= 0.6 is 23.6 Å². The lowest BCUT2D eigenvalue weighted by Gasteiger charge is -2.12. The number of carbonyl (C=O) groups excluding carboxylic acids is 1. The van der Waals surface area contributed by atoms with Gasteiger partial charge in [-0.2, -0.15) is 5.10 Å². The molecule has 9 heteroatoms. The molecule has 2 aromatic heterocycles. The van der Waals surface area contributed by atoms with Crippen LogP contribution in [-0.2, 0) is 24.1 Å². The van der Waals surface area contributed by atoms with Crippen LogP contribution in [0.2, 0.25) is 0 Å². The van der Waals surface area contributed by atoms with Gasteiger partial charge in [0.25, 0.3) is 0 Å². The normalized spacial score (nSPS) is 13.2. The Kier molecular flexibility index (Phi) is 7.09. The number of nitrogens with one attached hydrogen (secondary N) is 2. The third-order valence-electron chi connectivity index (χ3n) is 5.88. The first-order valence-corrected chi connectivity index (χ1v) is 12.2. The molecule has 1 aromatic carbocycles. The molecule has 0 amide bonds. The van der Waals surface area contributed by atoms with Crippen LogP contribution in [0.3, 0.4) is 0 Å². The van der Waals surface area contributed by atoms with Crippen molar-refractivity contribution in [3.05, 3.63) is 63.0 Å². The van der Waals surface area contributed by atoms with E-state index in [2.05, 4.69) is 15.7 Å². The van der Waals surface area contributed by atoms with Crippen molar-refractivity contribution in [1.29, 1.82) is 0 Å². The number of hydrogen-bond donors (Lipinski definition) is 2. The first kappa shape index (κ1) is 23.4. The summed E-state index contributed by atoms with van der Waals surface area (Å²) in [6.07, 6.45) is 5.21. The Labute approximate surface area is 202 Å². The van der Waals surface area contributed by atoms with Crippen LogP contribution in [0.25, 0.3) is 0 Å². The van der Waals surface area contributed by atoms with Crippen LogP contribution < -0.4 is 10.6 Å². The predicted molar refractivity (Wildman–Crippen MR) is 134 cm³/mol. The highest BCUT2D eigenvalue weighted by molar-refractivity contribution is 7.80. The average molecular weight is 487 g/mol. The van der Waals surface area contributed by atoms with Crippen LogP contribution in [-0.4, -0.2) is 28.0 Å². The standard InChI is InChI=1S/C24H27FN4O2S2/c1-14-21(15(2)29(28-14)13-16-8-7-9-17(25)12-16)26-24(32)27-22-20(23(30)31-3)18-10-5-4-6-11-19(18)33-22/h7-9,12H,4-6,10-11,13H2,1-3H3,(H2,26,27,32). The van der Waals surface area contributed by atoms with E-state index < -0.39 is 0 Å². The van der Waals surface area contributed by atoms with Crippen molar-refractivity contribution >= 4 is 45.3 Å². The minimum absolute atomic E-state index is 0.270. The number of nitrogens with zero attached hydrogens (tertiary/aromatic N) is 2. The first-order valence-electron chi connectivity index (χ1n) is 11.0. The van der Waals surface area contributed by atoms with E-state index in [0.717, 1.165) is 53.9 Å². The lowest BCUT2D eigenvalue weighted by atomic mass is 10.1. The van der Waals surface area contributed by atoms with Gasteiger partial charge in [-0.05, 0) is 75.0 Å². The van der Waals surface area contributed by atoms with Crippen LogP contribution in [0.4, 0.5) is 15.1 Å². The number of ether oxygens (including phenoxy) is 1. The van der Waals surface area contributed by atoms with Crippen molar-refractivity contribution in [3.63, 3.8) is 0 Å². The number of thiocarbonyl (C=S) groups is 1. The molecule has 0 unspecified atom stereocenters. The van der Waals surface area contributed by atoms with Crippen molar-refractivity contribution in [2.45, 2.75) is 52.5 Å². The van der Waals surface area contributed by atoms with E-state index in [1.54, 1.807) is 17.4 Å². The van der Waals surface area contributed by atoms with Crippen molar-refractivity contribution in [2.75, 3.05) is 17.7 Å². The summed E-state index contributed by atoms with van der Waals surface area (Å²) in [5.41, 5.74) is 4.97. The fraction of sp³-hybridized carbons (Fsp3) is 0.375. The second-order valence-electron chi connectivity index (χ2n) is 8.17. The molecule has 0 atom stereocenters. The van der Waals surface area contributed by atoms with Gasteiger partial charge in [-0.1, -0.05) is 18.6 Å². The van der Waals surface area contributed by atoms with Gasteiger partial charge < -0.3 is 15.4 Å². The van der Waals surface area contributed by atoms with Crippen LogP contribution in [0, 0.1) is 19.7 Å². The molecule has 1 aliphatic carbocycles. The summed E-state index contributed by atoms with van der Waals surface area (Å²) < 4.78 is 20.5. The molecular formula is C24H27FN4O2S2. The summed E-state index contributed by atoms with van der Waals surface area (Å²) in [6, 6.07) is 6.49. The van der Waals surface area contributed by atoms with E-state index >= 15 is 0 Å². The Balaban J connectivity index is 1.54. The molecule has 0 bridgehead atoms. The fourth-order valence-corrected chi connectivity index (χ4v) is 5.79. The maximum atomic E-state index is 13.6. The number of halogens is 1. The van der Waals surface area contributed by atoms with Gasteiger partial charge in [0.15, 0.2) is 5.11 Å². The zero-order chi connectivity index (χ0) is 23.5. The predicted octanol–water partition coefficient (Wildman–Crippen LogP) is 5.61. The molecular weight excluding hydrogens is 459 g/mol. The molecule has 6 nitrogen and oxygen atoms in total. The Morgan fingerprint density at radius 3 is 2.79 bits per heavy atom. The quantitative estimate of drug-likeness (QED) is 0.277. The Bertz CT molecular complexity index is 1200. The van der Waals surface area contributed by atoms with E-state index in [-0.39, 0.29) is 11.8 Å². The van der Waals surface area contributed by atoms with Gasteiger partial charge in [0.2, 0.25) is 0 Å². The number of aryl methyl sites for hydroxylation is 2. The summed E-state index contributed by atoms with van der Waals surface area (Å²) in [5, 5.41) is 12.2. The molecule has 3 aromatic rings. The van der Waals surface area contributed by atoms with Crippen LogP contribution in [0.5, 0.6) is 0 Å². The molecule has 0 saturated carbocycles. The number of esters is 1. The maximum absolute atomic E-state index is 13.6. The van der Waals surface area contributed by atoms with Gasteiger partial charge in [0, 0.05) is 4.88 Å². The molecule has 0 fully saturated rings. The summed E-state index contributed by atoms with van der Waals surface area (Å²) in [7, 11) is 1.41. The Morgan fingerprint density at radius 2 is 2.03 bits per heavy atom. The Hall–Kier alpha value is -2.78. The van der Waals surface area contributed by atoms with Crippen molar-refractivity contribution in [1.82, 2.24) is 9.78 Å². The number of methoxy groups -OCH3 is 1. The topological polar surface area (TPSA) is 68.2 Å². The average Bonchev–Trinajstić information content (AvgIpc) is 3.12. The summed E-state index contributed by atoms with van der Waals surface area (Å²) in [5.74, 6) is -0.608. The highest BCUT2D eigenvalue weighted by Crippen LogP contribution is 2.38. The summed E-state index contributed by atoms with van der Waals surface area (Å²) in [4.78, 5) is 13.8. The number of thiophene rings is 1. The van der Waals surface area contributed by atoms with Crippen molar-refractivity contribution < 1.29 is 13.9 Å². The second kappa shape index (κ2) is 10.0. The van der Waals surface area contributed by atoms with Gasteiger partial charge in [-0.15, -0.1) is 11.3 Å². The van der Waals surface area contributed by atoms with Gasteiger partial charge in [-0.25, -0.2) is 9.18 Å².